The first kappa shape index (κ1) is 18.0. The van der Waals surface area contributed by atoms with Gasteiger partial charge in [0.25, 0.3) is 6.43 Å². The van der Waals surface area contributed by atoms with Crippen LogP contribution in [0.3, 0.4) is 0 Å². The Hall–Kier alpha value is -1.34. The van der Waals surface area contributed by atoms with Crippen molar-refractivity contribution in [1.82, 2.24) is 4.90 Å². The quantitative estimate of drug-likeness (QED) is 0.600. The SMILES string of the molecule is C=C1C(Br)=CC=C(c2ccc(OCSC)cc2F)N1CC(F)F. The van der Waals surface area contributed by atoms with Gasteiger partial charge in [0.2, 0.25) is 0 Å². The van der Waals surface area contributed by atoms with Crippen LogP contribution in [0.15, 0.2) is 47.1 Å². The molecule has 0 atom stereocenters. The molecule has 0 saturated carbocycles. The van der Waals surface area contributed by atoms with Crippen molar-refractivity contribution in [2.45, 2.75) is 6.43 Å². The summed E-state index contributed by atoms with van der Waals surface area (Å²) in [6.07, 6.45) is 2.55. The van der Waals surface area contributed by atoms with E-state index in [1.807, 2.05) is 6.26 Å². The summed E-state index contributed by atoms with van der Waals surface area (Å²) >= 11 is 4.73. The lowest BCUT2D eigenvalue weighted by Crippen LogP contribution is -2.28. The fourth-order valence-corrected chi connectivity index (χ4v) is 2.71. The number of halogens is 4. The maximum Gasteiger partial charge on any atom is 0.256 e. The molecule has 0 amide bonds. The fraction of sp³-hybridized carbons (Fsp3) is 0.250. The van der Waals surface area contributed by atoms with Crippen LogP contribution in [0.5, 0.6) is 5.75 Å². The predicted molar refractivity (Wildman–Crippen MR) is 92.2 cm³/mol. The van der Waals surface area contributed by atoms with Crippen molar-refractivity contribution in [1.29, 1.82) is 0 Å². The lowest BCUT2D eigenvalue weighted by Gasteiger charge is -2.31. The molecule has 124 valence electrons. The average molecular weight is 406 g/mol. The van der Waals surface area contributed by atoms with Crippen molar-refractivity contribution in [3.63, 3.8) is 0 Å². The maximum atomic E-state index is 14.4. The van der Waals surface area contributed by atoms with Gasteiger partial charge in [-0.2, -0.15) is 0 Å². The van der Waals surface area contributed by atoms with E-state index in [2.05, 4.69) is 22.5 Å². The molecule has 2 rings (SSSR count). The van der Waals surface area contributed by atoms with Crippen molar-refractivity contribution in [3.8, 4) is 5.75 Å². The Labute approximate surface area is 145 Å². The second-order valence-corrected chi connectivity index (χ2v) is 6.37. The third-order valence-corrected chi connectivity index (χ3v) is 4.24. The zero-order valence-corrected chi connectivity index (χ0v) is 14.8. The molecular weight excluding hydrogens is 391 g/mol. The lowest BCUT2D eigenvalue weighted by atomic mass is 10.1. The van der Waals surface area contributed by atoms with Crippen LogP contribution in [0.25, 0.3) is 5.70 Å². The molecule has 0 N–H and O–H groups in total. The molecule has 0 radical (unpaired) electrons. The highest BCUT2D eigenvalue weighted by Gasteiger charge is 2.24. The van der Waals surface area contributed by atoms with E-state index < -0.39 is 18.8 Å². The highest BCUT2D eigenvalue weighted by atomic mass is 79.9. The van der Waals surface area contributed by atoms with Gasteiger partial charge in [0.1, 0.15) is 17.5 Å². The normalized spacial score (nSPS) is 14.9. The molecule has 1 aliphatic heterocycles. The molecule has 0 unspecified atom stereocenters. The Morgan fingerprint density at radius 2 is 2.09 bits per heavy atom. The summed E-state index contributed by atoms with van der Waals surface area (Å²) in [4.78, 5) is 1.30. The number of benzene rings is 1. The van der Waals surface area contributed by atoms with Gasteiger partial charge in [0.15, 0.2) is 0 Å². The van der Waals surface area contributed by atoms with E-state index in [9.17, 15) is 13.2 Å². The lowest BCUT2D eigenvalue weighted by molar-refractivity contribution is 0.123. The molecule has 0 aliphatic carbocycles. The van der Waals surface area contributed by atoms with E-state index in [1.54, 1.807) is 18.2 Å². The predicted octanol–water partition coefficient (Wildman–Crippen LogP) is 5.24. The third-order valence-electron chi connectivity index (χ3n) is 3.16. The van der Waals surface area contributed by atoms with Gasteiger partial charge in [-0.3, -0.25) is 0 Å². The molecule has 1 aliphatic rings. The van der Waals surface area contributed by atoms with Crippen LogP contribution >= 0.6 is 27.7 Å². The number of ether oxygens (including phenoxy) is 1. The van der Waals surface area contributed by atoms with Crippen molar-refractivity contribution < 1.29 is 17.9 Å². The molecule has 0 saturated heterocycles. The zero-order valence-electron chi connectivity index (χ0n) is 12.4. The number of rotatable bonds is 6. The molecule has 23 heavy (non-hydrogen) atoms. The molecule has 0 spiro atoms. The van der Waals surface area contributed by atoms with Crippen molar-refractivity contribution in [2.75, 3.05) is 18.7 Å². The summed E-state index contributed by atoms with van der Waals surface area (Å²) in [6, 6.07) is 4.39. The van der Waals surface area contributed by atoms with Gasteiger partial charge in [-0.25, -0.2) is 13.2 Å². The molecule has 7 heteroatoms. The maximum absolute atomic E-state index is 14.4. The number of thioether (sulfide) groups is 1. The van der Waals surface area contributed by atoms with Gasteiger partial charge < -0.3 is 9.64 Å². The summed E-state index contributed by atoms with van der Waals surface area (Å²) in [6.45, 7) is 3.22. The van der Waals surface area contributed by atoms with Gasteiger partial charge in [-0.15, -0.1) is 11.8 Å². The van der Waals surface area contributed by atoms with Crippen LogP contribution < -0.4 is 4.74 Å². The Balaban J connectivity index is 2.36. The smallest absolute Gasteiger partial charge is 0.256 e. The van der Waals surface area contributed by atoms with E-state index in [0.29, 0.717) is 27.6 Å². The highest BCUT2D eigenvalue weighted by Crippen LogP contribution is 2.35. The molecule has 1 aromatic carbocycles. The number of alkyl halides is 2. The second kappa shape index (κ2) is 7.97. The molecule has 1 heterocycles. The number of hydrogen-bond donors (Lipinski definition) is 0. The van der Waals surface area contributed by atoms with Crippen LogP contribution in [0.4, 0.5) is 13.2 Å². The molecule has 0 fully saturated rings. The molecule has 2 nitrogen and oxygen atoms in total. The van der Waals surface area contributed by atoms with Crippen LogP contribution in [0.1, 0.15) is 5.56 Å². The van der Waals surface area contributed by atoms with Crippen LogP contribution in [0, 0.1) is 5.82 Å². The molecule has 1 aromatic rings. The van der Waals surface area contributed by atoms with Gasteiger partial charge >= 0.3 is 0 Å². The molecule has 0 bridgehead atoms. The van der Waals surface area contributed by atoms with E-state index >= 15 is 0 Å². The Bertz CT molecular complexity index is 661. The van der Waals surface area contributed by atoms with E-state index in [0.717, 1.165) is 0 Å². The van der Waals surface area contributed by atoms with Gasteiger partial charge in [-0.1, -0.05) is 6.58 Å². The number of nitrogens with zero attached hydrogens (tertiary/aromatic N) is 1. The topological polar surface area (TPSA) is 12.5 Å². The minimum atomic E-state index is -2.57. The molecular formula is C16H15BrF3NOS. The number of hydrogen-bond acceptors (Lipinski definition) is 3. The van der Waals surface area contributed by atoms with E-state index in [1.165, 1.54) is 28.8 Å². The second-order valence-electron chi connectivity index (χ2n) is 4.71. The van der Waals surface area contributed by atoms with Crippen molar-refractivity contribution >= 4 is 33.4 Å². The molecule has 0 aromatic heterocycles. The monoisotopic (exact) mass is 405 g/mol. The fourth-order valence-electron chi connectivity index (χ4n) is 2.11. The van der Waals surface area contributed by atoms with Crippen LogP contribution in [-0.4, -0.2) is 30.1 Å². The van der Waals surface area contributed by atoms with E-state index in [4.69, 9.17) is 4.74 Å². The number of allylic oxidation sites excluding steroid dienone is 3. The summed E-state index contributed by atoms with van der Waals surface area (Å²) in [5.74, 6) is 0.271. The van der Waals surface area contributed by atoms with Crippen LogP contribution in [0.2, 0.25) is 0 Å². The minimum absolute atomic E-state index is 0.222. The van der Waals surface area contributed by atoms with Crippen LogP contribution in [-0.2, 0) is 0 Å². The Morgan fingerprint density at radius 3 is 2.70 bits per heavy atom. The summed E-state index contributed by atoms with van der Waals surface area (Å²) in [5, 5.41) is 0. The van der Waals surface area contributed by atoms with Crippen molar-refractivity contribution in [2.24, 2.45) is 0 Å². The zero-order chi connectivity index (χ0) is 17.0. The Morgan fingerprint density at radius 1 is 1.35 bits per heavy atom. The first-order chi connectivity index (χ1) is 10.9. The summed E-state index contributed by atoms with van der Waals surface area (Å²) < 4.78 is 46.0. The van der Waals surface area contributed by atoms with Gasteiger partial charge in [0, 0.05) is 21.8 Å². The summed E-state index contributed by atoms with van der Waals surface area (Å²) in [7, 11) is 0. The largest absolute Gasteiger partial charge is 0.483 e. The van der Waals surface area contributed by atoms with E-state index in [-0.39, 0.29) is 5.56 Å². The first-order valence-electron chi connectivity index (χ1n) is 6.68. The van der Waals surface area contributed by atoms with Gasteiger partial charge in [0.05, 0.1) is 12.2 Å². The standard InChI is InChI=1S/C16H15BrF3NOS/c1-10-13(17)5-6-15(21(10)8-16(19)20)12-4-3-11(7-14(12)18)22-9-23-2/h3-7,16H,1,8-9H2,2H3. The minimum Gasteiger partial charge on any atom is -0.483 e. The third kappa shape index (κ3) is 4.35. The highest BCUT2D eigenvalue weighted by molar-refractivity contribution is 9.12. The average Bonchev–Trinajstić information content (AvgIpc) is 2.50. The Kier molecular flexibility index (Phi) is 6.24. The van der Waals surface area contributed by atoms with Crippen molar-refractivity contribution in [3.05, 3.63) is 58.5 Å². The van der Waals surface area contributed by atoms with Gasteiger partial charge in [-0.05, 0) is 46.5 Å². The first-order valence-corrected chi connectivity index (χ1v) is 8.86. The summed E-state index contributed by atoms with van der Waals surface area (Å²) in [5.41, 5.74) is 0.928.